The van der Waals surface area contributed by atoms with Crippen molar-refractivity contribution >= 4 is 52.3 Å². The maximum absolute atomic E-state index is 14.4. The van der Waals surface area contributed by atoms with Crippen LogP contribution in [0.15, 0.2) is 35.5 Å². The van der Waals surface area contributed by atoms with Crippen LogP contribution >= 0.6 is 0 Å². The van der Waals surface area contributed by atoms with E-state index in [1.54, 1.807) is 0 Å². The molecule has 0 aromatic heterocycles. The topological polar surface area (TPSA) is 52.6 Å². The molecule has 0 aliphatic rings. The number of carbonyl (C=O) groups is 2. The Morgan fingerprint density at radius 1 is 0.306 bits per heavy atom. The second-order valence-electron chi connectivity index (χ2n) is 19.0. The van der Waals surface area contributed by atoms with Crippen molar-refractivity contribution in [1.29, 1.82) is 0 Å². The van der Waals surface area contributed by atoms with Crippen LogP contribution in [-0.4, -0.2) is 52.3 Å². The van der Waals surface area contributed by atoms with Crippen LogP contribution in [0.4, 0.5) is 0 Å². The van der Waals surface area contributed by atoms with E-state index in [4.69, 9.17) is 6.15 Å². The first-order valence-electron chi connectivity index (χ1n) is 27.9. The van der Waals surface area contributed by atoms with Crippen LogP contribution in [0.3, 0.4) is 0 Å². The van der Waals surface area contributed by atoms with Gasteiger partial charge in [0.1, 0.15) is 0 Å². The number of rotatable bonds is 48. The SMILES string of the molecule is CCCCCCCC/C=C\CCCCCCCC/C(C(=O)[O][SnH]([CH2]CCC)[CH2]CCC)=C(\CCCCCCCC/C=C\CCCCCCCC)C(=O)[O][SnH]([CH2]CCC)[CH2]CCC. The van der Waals surface area contributed by atoms with Gasteiger partial charge in [0.2, 0.25) is 0 Å². The van der Waals surface area contributed by atoms with Gasteiger partial charge in [-0.3, -0.25) is 0 Å². The van der Waals surface area contributed by atoms with Gasteiger partial charge in [-0.2, -0.15) is 0 Å². The first-order valence-corrected chi connectivity index (χ1v) is 39.9. The van der Waals surface area contributed by atoms with Crippen molar-refractivity contribution in [2.24, 2.45) is 0 Å². The van der Waals surface area contributed by atoms with Crippen molar-refractivity contribution in [1.82, 2.24) is 0 Å². The van der Waals surface area contributed by atoms with E-state index in [0.717, 1.165) is 94.8 Å². The van der Waals surface area contributed by atoms with Gasteiger partial charge in [0.05, 0.1) is 0 Å². The van der Waals surface area contributed by atoms with Gasteiger partial charge >= 0.3 is 291 Å². The quantitative estimate of drug-likeness (QED) is 0.0264. The Labute approximate surface area is 403 Å². The summed E-state index contributed by atoms with van der Waals surface area (Å²) >= 11 is -5.06. The molecular weight excluding hydrogens is 974 g/mol. The van der Waals surface area contributed by atoms with Crippen molar-refractivity contribution in [2.45, 2.75) is 303 Å². The number of unbranched alkanes of at least 4 members (excludes halogenated alkanes) is 28. The van der Waals surface area contributed by atoms with Crippen molar-refractivity contribution in [3.8, 4) is 0 Å². The molecule has 62 heavy (non-hydrogen) atoms. The molecule has 4 nitrogen and oxygen atoms in total. The molecule has 6 heteroatoms. The Kier molecular flexibility index (Phi) is 50.0. The van der Waals surface area contributed by atoms with E-state index in [1.807, 2.05) is 0 Å². The normalized spacial score (nSPS) is 12.4. The van der Waals surface area contributed by atoms with Crippen molar-refractivity contribution < 1.29 is 15.7 Å². The number of hydrogen-bond donors (Lipinski definition) is 0. The summed E-state index contributed by atoms with van der Waals surface area (Å²) < 4.78 is 17.7. The zero-order valence-corrected chi connectivity index (χ0v) is 49.4. The molecular formula is C56H108O4Sn2. The Bertz CT molecular complexity index is 970. The van der Waals surface area contributed by atoms with Gasteiger partial charge in [-0.25, -0.2) is 0 Å². The molecule has 364 valence electrons. The molecule has 0 bridgehead atoms. The van der Waals surface area contributed by atoms with Crippen molar-refractivity contribution in [3.05, 3.63) is 35.5 Å². The van der Waals surface area contributed by atoms with E-state index < -0.39 is 40.3 Å². The molecule has 0 fully saturated rings. The standard InChI is InChI=1S/C40H72O4.4C4H9.2Sn.2H/c1-3-5-7-9-11-13-15-17-19-21-23-25-27-29-31-33-35-37(39(41)42)38(40(43)44)36-34-32-30-28-26-24-22-20-18-16-14-12-10-8-6-4-2;4*1-3-4-2;;;;/h17-20H,3-16,21-36H2,1-2H3,(H,41,42)(H,43,44);4*1,3-4H2,2H3;;;;/q;;;;;2*+1;;/p-2/b19-17-,20-18-,38-37-;;;;;;;;. The van der Waals surface area contributed by atoms with Gasteiger partial charge in [0.25, 0.3) is 0 Å². The Hall–Kier alpha value is -0.243. The molecule has 0 atom stereocenters. The summed E-state index contributed by atoms with van der Waals surface area (Å²) in [5.74, 6) is -0.257. The Morgan fingerprint density at radius 2 is 0.532 bits per heavy atom. The average molecular weight is 1080 g/mol. The molecule has 0 amide bonds. The number of allylic oxidation sites excluding steroid dienone is 4. The molecule has 0 rings (SSSR count). The van der Waals surface area contributed by atoms with E-state index in [9.17, 15) is 9.59 Å². The summed E-state index contributed by atoms with van der Waals surface area (Å²) in [7, 11) is 0. The van der Waals surface area contributed by atoms with Crippen LogP contribution in [-0.2, 0) is 15.7 Å². The van der Waals surface area contributed by atoms with Gasteiger partial charge in [-0.15, -0.1) is 0 Å². The van der Waals surface area contributed by atoms with Crippen LogP contribution in [0.25, 0.3) is 0 Å². The minimum atomic E-state index is -2.53. The summed E-state index contributed by atoms with van der Waals surface area (Å²) in [5.41, 5.74) is 1.42. The van der Waals surface area contributed by atoms with E-state index in [2.05, 4.69) is 65.8 Å². The molecule has 0 spiro atoms. The molecule has 0 unspecified atom stereocenters. The second-order valence-corrected chi connectivity index (χ2v) is 34.0. The first-order chi connectivity index (χ1) is 30.5. The summed E-state index contributed by atoms with van der Waals surface area (Å²) in [6.07, 6.45) is 55.5. The van der Waals surface area contributed by atoms with Gasteiger partial charge in [0.15, 0.2) is 0 Å². The van der Waals surface area contributed by atoms with Gasteiger partial charge < -0.3 is 0 Å². The molecule has 0 saturated carbocycles. The fourth-order valence-corrected chi connectivity index (χ4v) is 23.9. The van der Waals surface area contributed by atoms with Crippen LogP contribution in [0.5, 0.6) is 0 Å². The third-order valence-electron chi connectivity index (χ3n) is 12.8. The molecule has 0 aliphatic carbocycles. The molecule has 0 N–H and O–H groups in total. The summed E-state index contributed by atoms with van der Waals surface area (Å²) in [6.45, 7) is 13.5. The predicted molar refractivity (Wildman–Crippen MR) is 281 cm³/mol. The maximum atomic E-state index is 14.4. The average Bonchev–Trinajstić information content (AvgIpc) is 3.27. The van der Waals surface area contributed by atoms with Gasteiger partial charge in [0, 0.05) is 0 Å². The van der Waals surface area contributed by atoms with Crippen LogP contribution in [0, 0.1) is 0 Å². The third-order valence-corrected chi connectivity index (χ3v) is 27.9. The molecule has 0 radical (unpaired) electrons. The van der Waals surface area contributed by atoms with Gasteiger partial charge in [-0.05, 0) is 25.7 Å². The van der Waals surface area contributed by atoms with E-state index in [1.165, 1.54) is 154 Å². The second kappa shape index (κ2) is 50.2. The molecule has 0 heterocycles. The van der Waals surface area contributed by atoms with E-state index in [-0.39, 0.29) is 11.9 Å². The summed E-state index contributed by atoms with van der Waals surface area (Å²) in [5, 5.41) is 0. The van der Waals surface area contributed by atoms with Crippen molar-refractivity contribution in [3.63, 3.8) is 0 Å². The minimum absolute atomic E-state index is 0.129. The zero-order valence-electron chi connectivity index (χ0n) is 42.8. The molecule has 0 saturated heterocycles. The van der Waals surface area contributed by atoms with Crippen molar-refractivity contribution in [2.75, 3.05) is 0 Å². The van der Waals surface area contributed by atoms with Crippen LogP contribution in [0.1, 0.15) is 286 Å². The third kappa shape index (κ3) is 40.1. The summed E-state index contributed by atoms with van der Waals surface area (Å²) in [4.78, 5) is 28.8. The Balaban J connectivity index is 5.60. The summed E-state index contributed by atoms with van der Waals surface area (Å²) in [6, 6.07) is 0. The zero-order chi connectivity index (χ0) is 45.4. The van der Waals surface area contributed by atoms with Crippen LogP contribution < -0.4 is 0 Å². The van der Waals surface area contributed by atoms with E-state index in [0.29, 0.717) is 24.0 Å². The predicted octanol–water partition coefficient (Wildman–Crippen LogP) is 18.9. The fourth-order valence-electron chi connectivity index (χ4n) is 8.55. The monoisotopic (exact) mass is 1080 g/mol. The van der Waals surface area contributed by atoms with E-state index >= 15 is 0 Å². The molecule has 0 aromatic carbocycles. The molecule has 0 aliphatic heterocycles. The first kappa shape index (κ1) is 61.8. The number of carbonyl (C=O) groups excluding carboxylic acids is 2. The Morgan fingerprint density at radius 3 is 0.790 bits per heavy atom. The van der Waals surface area contributed by atoms with Gasteiger partial charge in [-0.1, -0.05) is 90.2 Å². The van der Waals surface area contributed by atoms with Crippen LogP contribution in [0.2, 0.25) is 17.7 Å². The number of hydrogen-bond acceptors (Lipinski definition) is 4. The molecule has 0 aromatic rings. The fraction of sp³-hybridized carbons (Fsp3) is 0.857.